The van der Waals surface area contributed by atoms with E-state index in [4.69, 9.17) is 23.2 Å². The third-order valence-electron chi connectivity index (χ3n) is 5.66. The van der Waals surface area contributed by atoms with E-state index in [-0.39, 0.29) is 11.9 Å². The maximum atomic E-state index is 12.8. The average molecular weight is 448 g/mol. The lowest BCUT2D eigenvalue weighted by atomic mass is 9.91. The van der Waals surface area contributed by atoms with Gasteiger partial charge >= 0.3 is 0 Å². The minimum atomic E-state index is -0.445. The van der Waals surface area contributed by atoms with Crippen LogP contribution in [0.25, 0.3) is 0 Å². The van der Waals surface area contributed by atoms with Crippen LogP contribution in [0.1, 0.15) is 63.8 Å². The van der Waals surface area contributed by atoms with Crippen LogP contribution >= 0.6 is 23.2 Å². The van der Waals surface area contributed by atoms with Gasteiger partial charge in [0.25, 0.3) is 0 Å². The summed E-state index contributed by atoms with van der Waals surface area (Å²) in [6, 6.07) is 12.0. The molecule has 1 saturated heterocycles. The predicted octanol–water partition coefficient (Wildman–Crippen LogP) is 6.04. The van der Waals surface area contributed by atoms with E-state index in [1.807, 2.05) is 57.2 Å². The highest BCUT2D eigenvalue weighted by atomic mass is 35.5. The maximum Gasteiger partial charge on any atom is 0.225 e. The van der Waals surface area contributed by atoms with E-state index < -0.39 is 5.41 Å². The van der Waals surface area contributed by atoms with Crippen LogP contribution in [0, 0.1) is 5.41 Å². The average Bonchev–Trinajstić information content (AvgIpc) is 2.71. The highest BCUT2D eigenvalue weighted by molar-refractivity contribution is 6.42. The number of pyridine rings is 1. The van der Waals surface area contributed by atoms with Crippen molar-refractivity contribution in [1.82, 2.24) is 15.2 Å². The number of aromatic nitrogens is 1. The van der Waals surface area contributed by atoms with Crippen molar-refractivity contribution in [1.29, 1.82) is 0 Å². The first-order valence-electron chi connectivity index (χ1n) is 10.6. The summed E-state index contributed by atoms with van der Waals surface area (Å²) in [5.41, 5.74) is 1.62. The Hall–Kier alpha value is -1.62. The fraction of sp³-hybridized carbons (Fsp3) is 0.500. The summed E-state index contributed by atoms with van der Waals surface area (Å²) < 4.78 is 0. The van der Waals surface area contributed by atoms with Gasteiger partial charge in [0.2, 0.25) is 5.91 Å². The fourth-order valence-corrected chi connectivity index (χ4v) is 4.21. The molecule has 6 heteroatoms. The second-order valence-corrected chi connectivity index (χ2v) is 9.95. The monoisotopic (exact) mass is 447 g/mol. The molecule has 2 aromatic rings. The van der Waals surface area contributed by atoms with Crippen molar-refractivity contribution in [2.24, 2.45) is 5.41 Å². The molecule has 2 atom stereocenters. The summed E-state index contributed by atoms with van der Waals surface area (Å²) in [6.07, 6.45) is 6.11. The third kappa shape index (κ3) is 6.19. The van der Waals surface area contributed by atoms with E-state index in [0.29, 0.717) is 16.1 Å². The zero-order valence-corrected chi connectivity index (χ0v) is 19.5. The van der Waals surface area contributed by atoms with Gasteiger partial charge < -0.3 is 5.32 Å². The summed E-state index contributed by atoms with van der Waals surface area (Å²) in [5, 5.41) is 4.42. The number of carbonyl (C=O) groups excluding carboxylic acids is 1. The van der Waals surface area contributed by atoms with Gasteiger partial charge in [-0.15, -0.1) is 0 Å². The molecule has 4 nitrogen and oxygen atoms in total. The molecule has 2 unspecified atom stereocenters. The second kappa shape index (κ2) is 10.1. The number of hydrogen-bond acceptors (Lipinski definition) is 3. The number of amides is 1. The van der Waals surface area contributed by atoms with Crippen LogP contribution in [0.5, 0.6) is 0 Å². The van der Waals surface area contributed by atoms with Crippen LogP contribution in [0.3, 0.4) is 0 Å². The Bertz CT molecular complexity index is 851. The summed E-state index contributed by atoms with van der Waals surface area (Å²) in [7, 11) is 0. The van der Waals surface area contributed by atoms with Crippen molar-refractivity contribution >= 4 is 29.1 Å². The van der Waals surface area contributed by atoms with Crippen molar-refractivity contribution in [3.05, 3.63) is 63.9 Å². The third-order valence-corrected chi connectivity index (χ3v) is 6.40. The van der Waals surface area contributed by atoms with Gasteiger partial charge in [0.15, 0.2) is 0 Å². The number of rotatable bonds is 6. The predicted molar refractivity (Wildman–Crippen MR) is 124 cm³/mol. The van der Waals surface area contributed by atoms with Crippen molar-refractivity contribution in [3.8, 4) is 0 Å². The van der Waals surface area contributed by atoms with Crippen LogP contribution in [0.4, 0.5) is 0 Å². The molecule has 0 bridgehead atoms. The first-order valence-corrected chi connectivity index (χ1v) is 11.4. The van der Waals surface area contributed by atoms with E-state index >= 15 is 0 Å². The lowest BCUT2D eigenvalue weighted by Crippen LogP contribution is -2.44. The Labute approximate surface area is 190 Å². The van der Waals surface area contributed by atoms with Crippen LogP contribution in [0.2, 0.25) is 10.0 Å². The van der Waals surface area contributed by atoms with E-state index in [0.717, 1.165) is 37.2 Å². The molecule has 1 amide bonds. The lowest BCUT2D eigenvalue weighted by Gasteiger charge is -2.38. The second-order valence-electron chi connectivity index (χ2n) is 9.13. The standard InChI is InChI=1S/C24H31Cl2N3O/c1-24(2,3)23(30)28-22(21-9-4-6-12-27-21)15-18-8-5-7-13-29(18)16-17-10-11-19(25)20(26)14-17/h4,6,9-12,14,18,22H,5,7-8,13,15-16H2,1-3H3,(H,28,30). The quantitative estimate of drug-likeness (QED) is 0.586. The van der Waals surface area contributed by atoms with Crippen molar-refractivity contribution in [2.45, 2.75) is 65.1 Å². The Morgan fingerprint density at radius 1 is 1.20 bits per heavy atom. The van der Waals surface area contributed by atoms with Crippen molar-refractivity contribution < 1.29 is 4.79 Å². The number of carbonyl (C=O) groups is 1. The van der Waals surface area contributed by atoms with Gasteiger partial charge in [-0.25, -0.2) is 0 Å². The molecule has 1 aliphatic heterocycles. The van der Waals surface area contributed by atoms with Gasteiger partial charge in [0.05, 0.1) is 21.8 Å². The van der Waals surface area contributed by atoms with E-state index in [1.165, 1.54) is 12.8 Å². The molecule has 3 rings (SSSR count). The van der Waals surface area contributed by atoms with Gasteiger partial charge in [-0.2, -0.15) is 0 Å². The van der Waals surface area contributed by atoms with Gasteiger partial charge in [-0.1, -0.05) is 62.5 Å². The summed E-state index contributed by atoms with van der Waals surface area (Å²) in [4.78, 5) is 19.8. The molecule has 30 heavy (non-hydrogen) atoms. The normalized spacial score (nSPS) is 18.8. The molecule has 0 aliphatic carbocycles. The molecule has 162 valence electrons. The Morgan fingerprint density at radius 2 is 2.00 bits per heavy atom. The number of nitrogens with one attached hydrogen (secondary N) is 1. The molecule has 1 aliphatic rings. The molecular formula is C24H31Cl2N3O. The largest absolute Gasteiger partial charge is 0.347 e. The van der Waals surface area contributed by atoms with Gasteiger partial charge in [0, 0.05) is 24.2 Å². The number of likely N-dealkylation sites (tertiary alicyclic amines) is 1. The summed E-state index contributed by atoms with van der Waals surface area (Å²) in [5.74, 6) is 0.0463. The number of hydrogen-bond donors (Lipinski definition) is 1. The molecule has 1 N–H and O–H groups in total. The fourth-order valence-electron chi connectivity index (χ4n) is 3.89. The number of piperidine rings is 1. The van der Waals surface area contributed by atoms with Gasteiger partial charge in [-0.05, 0) is 55.6 Å². The Morgan fingerprint density at radius 3 is 2.67 bits per heavy atom. The van der Waals surface area contributed by atoms with Crippen molar-refractivity contribution in [3.63, 3.8) is 0 Å². The zero-order valence-electron chi connectivity index (χ0n) is 18.0. The van der Waals surface area contributed by atoms with Crippen LogP contribution in [-0.2, 0) is 11.3 Å². The molecular weight excluding hydrogens is 417 g/mol. The first kappa shape index (κ1) is 23.1. The summed E-state index contributed by atoms with van der Waals surface area (Å²) in [6.45, 7) is 7.68. The molecule has 2 heterocycles. The van der Waals surface area contributed by atoms with Gasteiger partial charge in [0.1, 0.15) is 0 Å². The molecule has 0 spiro atoms. The highest BCUT2D eigenvalue weighted by Gasteiger charge is 2.30. The minimum Gasteiger partial charge on any atom is -0.347 e. The van der Waals surface area contributed by atoms with E-state index in [9.17, 15) is 4.79 Å². The van der Waals surface area contributed by atoms with Crippen LogP contribution < -0.4 is 5.32 Å². The molecule has 0 radical (unpaired) electrons. The summed E-state index contributed by atoms with van der Waals surface area (Å²) >= 11 is 12.3. The number of nitrogens with zero attached hydrogens (tertiary/aromatic N) is 2. The van der Waals surface area contributed by atoms with Crippen LogP contribution in [0.15, 0.2) is 42.6 Å². The van der Waals surface area contributed by atoms with E-state index in [2.05, 4.69) is 15.2 Å². The molecule has 1 aromatic heterocycles. The lowest BCUT2D eigenvalue weighted by molar-refractivity contribution is -0.129. The SMILES string of the molecule is CC(C)(C)C(=O)NC(CC1CCCCN1Cc1ccc(Cl)c(Cl)c1)c1ccccn1. The molecule has 1 fully saturated rings. The Balaban J connectivity index is 1.78. The zero-order chi connectivity index (χ0) is 21.7. The number of halogens is 2. The smallest absolute Gasteiger partial charge is 0.225 e. The maximum absolute atomic E-state index is 12.8. The van der Waals surface area contributed by atoms with Crippen molar-refractivity contribution in [2.75, 3.05) is 6.54 Å². The highest BCUT2D eigenvalue weighted by Crippen LogP contribution is 2.30. The molecule has 0 saturated carbocycles. The topological polar surface area (TPSA) is 45.2 Å². The number of benzene rings is 1. The first-order chi connectivity index (χ1) is 14.2. The van der Waals surface area contributed by atoms with Gasteiger partial charge in [-0.3, -0.25) is 14.7 Å². The molecule has 1 aromatic carbocycles. The Kier molecular flexibility index (Phi) is 7.78. The minimum absolute atomic E-state index is 0.0463. The van der Waals surface area contributed by atoms with E-state index in [1.54, 1.807) is 6.20 Å². The van der Waals surface area contributed by atoms with Crippen LogP contribution in [-0.4, -0.2) is 28.4 Å².